The molecule has 2 aliphatic rings. The normalized spacial score (nSPS) is 25.0. The van der Waals surface area contributed by atoms with E-state index in [4.69, 9.17) is 9.84 Å². The molecule has 2 fully saturated rings. The Labute approximate surface area is 133 Å². The zero-order valence-corrected chi connectivity index (χ0v) is 12.9. The van der Waals surface area contributed by atoms with Crippen molar-refractivity contribution in [2.75, 3.05) is 24.6 Å². The number of pyridine rings is 1. The van der Waals surface area contributed by atoms with Crippen molar-refractivity contribution in [1.82, 2.24) is 14.8 Å². The monoisotopic (exact) mass is 322 g/mol. The van der Waals surface area contributed by atoms with Crippen molar-refractivity contribution in [2.24, 2.45) is 0 Å². The largest absolute Gasteiger partial charge is 0.356 e. The predicted octanol–water partition coefficient (Wildman–Crippen LogP) is 3.37. The highest BCUT2D eigenvalue weighted by atomic mass is 19.3. The quantitative estimate of drug-likeness (QED) is 0.850. The van der Waals surface area contributed by atoms with Crippen LogP contribution in [-0.4, -0.2) is 40.4 Å². The first kappa shape index (κ1) is 14.8. The van der Waals surface area contributed by atoms with E-state index in [0.29, 0.717) is 18.9 Å². The molecule has 0 radical (unpaired) electrons. The molecule has 124 valence electrons. The topological polar surface area (TPSA) is 43.2 Å². The van der Waals surface area contributed by atoms with E-state index in [0.717, 1.165) is 36.9 Å². The average Bonchev–Trinajstić information content (AvgIpc) is 2.95. The molecule has 0 aromatic carbocycles. The van der Waals surface area contributed by atoms with Crippen molar-refractivity contribution < 1.29 is 13.5 Å². The molecule has 2 aliphatic heterocycles. The Morgan fingerprint density at radius 3 is 2.78 bits per heavy atom. The van der Waals surface area contributed by atoms with E-state index in [1.54, 1.807) is 6.20 Å². The van der Waals surface area contributed by atoms with Crippen LogP contribution in [0.25, 0.3) is 11.0 Å². The summed E-state index contributed by atoms with van der Waals surface area (Å²) in [5, 5.41) is 4.69. The first-order valence-electron chi connectivity index (χ1n) is 8.22. The molecule has 23 heavy (non-hydrogen) atoms. The van der Waals surface area contributed by atoms with E-state index in [1.807, 2.05) is 21.7 Å². The Morgan fingerprint density at radius 2 is 2.04 bits per heavy atom. The van der Waals surface area contributed by atoms with Gasteiger partial charge in [-0.3, -0.25) is 4.98 Å². The van der Waals surface area contributed by atoms with E-state index in [2.05, 4.69) is 4.98 Å². The fraction of sp³-hybridized carbons (Fsp3) is 0.625. The van der Waals surface area contributed by atoms with Crippen LogP contribution in [0.5, 0.6) is 0 Å². The van der Waals surface area contributed by atoms with Crippen molar-refractivity contribution in [3.63, 3.8) is 0 Å². The van der Waals surface area contributed by atoms with Crippen LogP contribution in [0.2, 0.25) is 0 Å². The summed E-state index contributed by atoms with van der Waals surface area (Å²) in [6.07, 6.45) is 4.47. The molecule has 4 heterocycles. The van der Waals surface area contributed by atoms with E-state index in [1.165, 1.54) is 0 Å². The van der Waals surface area contributed by atoms with Gasteiger partial charge in [0.2, 0.25) is 0 Å². The third-order valence-corrected chi connectivity index (χ3v) is 4.67. The second-order valence-electron chi connectivity index (χ2n) is 6.30. The minimum atomic E-state index is -2.56. The Bertz CT molecular complexity index is 686. The number of piperidine rings is 1. The van der Waals surface area contributed by atoms with Crippen LogP contribution in [0.1, 0.15) is 38.3 Å². The zero-order valence-electron chi connectivity index (χ0n) is 12.9. The molecular weight excluding hydrogens is 302 g/mol. The molecule has 0 saturated carbocycles. The van der Waals surface area contributed by atoms with Gasteiger partial charge in [-0.05, 0) is 31.4 Å². The number of halogens is 2. The van der Waals surface area contributed by atoms with Gasteiger partial charge in [-0.25, -0.2) is 13.5 Å². The van der Waals surface area contributed by atoms with Gasteiger partial charge in [0.25, 0.3) is 5.92 Å². The number of hydrogen-bond acceptors (Lipinski definition) is 4. The molecule has 0 aliphatic carbocycles. The standard InChI is InChI=1S/C16H20F2N4O/c17-16(18)6-9-21(10-7-16)15-14-12(4-3-8-19-14)22(20-15)13-5-1-2-11-23-13/h3-4,8,13H,1-2,5-7,9-11H2. The lowest BCUT2D eigenvalue weighted by atomic mass is 10.1. The molecular formula is C16H20F2N4O. The smallest absolute Gasteiger partial charge is 0.251 e. The van der Waals surface area contributed by atoms with Gasteiger partial charge in [0.1, 0.15) is 5.52 Å². The summed E-state index contributed by atoms with van der Waals surface area (Å²) < 4.78 is 34.5. The molecule has 0 amide bonds. The van der Waals surface area contributed by atoms with Gasteiger partial charge in [-0.1, -0.05) is 0 Å². The summed E-state index contributed by atoms with van der Waals surface area (Å²) in [7, 11) is 0. The number of alkyl halides is 2. The lowest BCUT2D eigenvalue weighted by Gasteiger charge is -2.31. The zero-order chi connectivity index (χ0) is 15.9. The van der Waals surface area contributed by atoms with Crippen LogP contribution in [0.4, 0.5) is 14.6 Å². The summed E-state index contributed by atoms with van der Waals surface area (Å²) in [5.74, 6) is -1.86. The summed E-state index contributed by atoms with van der Waals surface area (Å²) in [4.78, 5) is 6.36. The number of rotatable bonds is 2. The molecule has 2 aromatic heterocycles. The van der Waals surface area contributed by atoms with Crippen LogP contribution < -0.4 is 4.90 Å². The highest BCUT2D eigenvalue weighted by Gasteiger charge is 2.35. The maximum absolute atomic E-state index is 13.4. The summed E-state index contributed by atoms with van der Waals surface area (Å²) >= 11 is 0. The van der Waals surface area contributed by atoms with Gasteiger partial charge in [0.05, 0.1) is 5.52 Å². The highest BCUT2D eigenvalue weighted by molar-refractivity contribution is 5.86. The van der Waals surface area contributed by atoms with Crippen LogP contribution in [0.3, 0.4) is 0 Å². The molecule has 0 N–H and O–H groups in total. The fourth-order valence-corrected chi connectivity index (χ4v) is 3.35. The maximum atomic E-state index is 13.4. The molecule has 2 aromatic rings. The van der Waals surface area contributed by atoms with Gasteiger partial charge in [0, 0.05) is 38.7 Å². The fourth-order valence-electron chi connectivity index (χ4n) is 3.35. The van der Waals surface area contributed by atoms with Crippen molar-refractivity contribution in [3.05, 3.63) is 18.3 Å². The number of aromatic nitrogens is 3. The van der Waals surface area contributed by atoms with E-state index >= 15 is 0 Å². The highest BCUT2D eigenvalue weighted by Crippen LogP contribution is 2.34. The molecule has 4 rings (SSSR count). The van der Waals surface area contributed by atoms with E-state index < -0.39 is 5.92 Å². The molecule has 1 unspecified atom stereocenters. The van der Waals surface area contributed by atoms with Crippen molar-refractivity contribution in [1.29, 1.82) is 0 Å². The van der Waals surface area contributed by atoms with Crippen LogP contribution >= 0.6 is 0 Å². The second kappa shape index (κ2) is 5.70. The van der Waals surface area contributed by atoms with E-state index in [9.17, 15) is 8.78 Å². The van der Waals surface area contributed by atoms with Gasteiger partial charge < -0.3 is 9.64 Å². The number of anilines is 1. The van der Waals surface area contributed by atoms with Crippen LogP contribution in [0, 0.1) is 0 Å². The lowest BCUT2D eigenvalue weighted by molar-refractivity contribution is -0.0369. The SMILES string of the molecule is FC1(F)CCN(c2nn(C3CCCCO3)c3cccnc23)CC1. The Hall–Kier alpha value is -1.76. The number of fused-ring (bicyclic) bond motifs is 1. The minimum Gasteiger partial charge on any atom is -0.356 e. The predicted molar refractivity (Wildman–Crippen MR) is 82.8 cm³/mol. The Kier molecular flexibility index (Phi) is 3.67. The third-order valence-electron chi connectivity index (χ3n) is 4.67. The number of hydrogen-bond donors (Lipinski definition) is 0. The molecule has 0 bridgehead atoms. The lowest BCUT2D eigenvalue weighted by Crippen LogP contribution is -2.39. The van der Waals surface area contributed by atoms with E-state index in [-0.39, 0.29) is 19.1 Å². The average molecular weight is 322 g/mol. The molecule has 2 saturated heterocycles. The van der Waals surface area contributed by atoms with Gasteiger partial charge >= 0.3 is 0 Å². The third kappa shape index (κ3) is 2.78. The van der Waals surface area contributed by atoms with Gasteiger partial charge in [0.15, 0.2) is 12.0 Å². The van der Waals surface area contributed by atoms with Crippen molar-refractivity contribution >= 4 is 16.9 Å². The minimum absolute atomic E-state index is 0.0876. The summed E-state index contributed by atoms with van der Waals surface area (Å²) in [6.45, 7) is 1.35. The number of nitrogens with zero attached hydrogens (tertiary/aromatic N) is 4. The van der Waals surface area contributed by atoms with Crippen LogP contribution in [0.15, 0.2) is 18.3 Å². The second-order valence-corrected chi connectivity index (χ2v) is 6.30. The summed E-state index contributed by atoms with van der Waals surface area (Å²) in [5.41, 5.74) is 1.68. The first-order valence-corrected chi connectivity index (χ1v) is 8.22. The molecule has 7 heteroatoms. The number of ether oxygens (including phenoxy) is 1. The first-order chi connectivity index (χ1) is 11.1. The van der Waals surface area contributed by atoms with Crippen molar-refractivity contribution in [3.8, 4) is 0 Å². The van der Waals surface area contributed by atoms with Crippen molar-refractivity contribution in [2.45, 2.75) is 44.3 Å². The maximum Gasteiger partial charge on any atom is 0.251 e. The Morgan fingerprint density at radius 1 is 1.22 bits per heavy atom. The van der Waals surface area contributed by atoms with Gasteiger partial charge in [-0.15, -0.1) is 5.10 Å². The summed E-state index contributed by atoms with van der Waals surface area (Å²) in [6, 6.07) is 3.84. The molecule has 0 spiro atoms. The Balaban J connectivity index is 1.70. The van der Waals surface area contributed by atoms with Gasteiger partial charge in [-0.2, -0.15) is 0 Å². The molecule has 5 nitrogen and oxygen atoms in total. The molecule has 1 atom stereocenters. The van der Waals surface area contributed by atoms with Crippen LogP contribution in [-0.2, 0) is 4.74 Å².